The quantitative estimate of drug-likeness (QED) is 0.769. The van der Waals surface area contributed by atoms with Crippen molar-refractivity contribution in [2.45, 2.75) is 83.2 Å². The smallest absolute Gasteiger partial charge is 0.00994 e. The van der Waals surface area contributed by atoms with Crippen LogP contribution >= 0.6 is 0 Å². The van der Waals surface area contributed by atoms with Crippen molar-refractivity contribution in [2.75, 3.05) is 19.6 Å². The molecule has 20 heavy (non-hydrogen) atoms. The van der Waals surface area contributed by atoms with Crippen molar-refractivity contribution in [3.63, 3.8) is 0 Å². The van der Waals surface area contributed by atoms with Crippen LogP contribution in [0.3, 0.4) is 0 Å². The number of nitrogens with zero attached hydrogens (tertiary/aromatic N) is 1. The lowest BCUT2D eigenvalue weighted by atomic mass is 9.95. The average Bonchev–Trinajstić information content (AvgIpc) is 3.33. The first kappa shape index (κ1) is 14.8. The third-order valence-electron chi connectivity index (χ3n) is 6.05. The second-order valence-corrected chi connectivity index (χ2v) is 7.56. The van der Waals surface area contributed by atoms with E-state index >= 15 is 0 Å². The SMILES string of the molecule is CCC1CCCC(N(CC2CCNCC2)C2CC2)CC1. The Kier molecular flexibility index (Phi) is 5.39. The summed E-state index contributed by atoms with van der Waals surface area (Å²) >= 11 is 0. The van der Waals surface area contributed by atoms with Gasteiger partial charge in [0.2, 0.25) is 0 Å². The van der Waals surface area contributed by atoms with Crippen LogP contribution in [0, 0.1) is 11.8 Å². The lowest BCUT2D eigenvalue weighted by Gasteiger charge is -2.36. The predicted molar refractivity (Wildman–Crippen MR) is 86.0 cm³/mol. The fourth-order valence-electron chi connectivity index (χ4n) is 4.46. The highest BCUT2D eigenvalue weighted by atomic mass is 15.2. The van der Waals surface area contributed by atoms with Crippen LogP contribution < -0.4 is 5.32 Å². The largest absolute Gasteiger partial charge is 0.317 e. The van der Waals surface area contributed by atoms with Gasteiger partial charge in [-0.3, -0.25) is 4.90 Å². The predicted octanol–water partition coefficient (Wildman–Crippen LogP) is 3.81. The van der Waals surface area contributed by atoms with E-state index in [1.54, 1.807) is 0 Å². The van der Waals surface area contributed by atoms with Gasteiger partial charge >= 0.3 is 0 Å². The van der Waals surface area contributed by atoms with Gasteiger partial charge in [-0.15, -0.1) is 0 Å². The molecule has 2 nitrogen and oxygen atoms in total. The minimum Gasteiger partial charge on any atom is -0.317 e. The third-order valence-corrected chi connectivity index (χ3v) is 6.05. The summed E-state index contributed by atoms with van der Waals surface area (Å²) in [5.41, 5.74) is 0. The Morgan fingerprint density at radius 2 is 1.50 bits per heavy atom. The van der Waals surface area contributed by atoms with Gasteiger partial charge in [0.15, 0.2) is 0 Å². The van der Waals surface area contributed by atoms with E-state index in [4.69, 9.17) is 0 Å². The zero-order chi connectivity index (χ0) is 13.8. The fourth-order valence-corrected chi connectivity index (χ4v) is 4.46. The standard InChI is InChI=1S/C18H34N2/c1-2-15-4-3-5-17(7-6-15)20(18-8-9-18)14-16-10-12-19-13-11-16/h15-19H,2-14H2,1H3. The molecule has 1 heterocycles. The van der Waals surface area contributed by atoms with Gasteiger partial charge in [0.05, 0.1) is 0 Å². The molecule has 3 aliphatic rings. The van der Waals surface area contributed by atoms with E-state index in [1.165, 1.54) is 83.8 Å². The molecule has 1 aliphatic heterocycles. The molecule has 0 bridgehead atoms. The van der Waals surface area contributed by atoms with Crippen LogP contribution in [-0.4, -0.2) is 36.6 Å². The van der Waals surface area contributed by atoms with Crippen molar-refractivity contribution in [1.82, 2.24) is 10.2 Å². The molecule has 0 aromatic carbocycles. The van der Waals surface area contributed by atoms with Gasteiger partial charge in [0.25, 0.3) is 0 Å². The first-order valence-corrected chi connectivity index (χ1v) is 9.33. The summed E-state index contributed by atoms with van der Waals surface area (Å²) in [7, 11) is 0. The molecule has 2 atom stereocenters. The van der Waals surface area contributed by atoms with Gasteiger partial charge in [0, 0.05) is 18.6 Å². The summed E-state index contributed by atoms with van der Waals surface area (Å²) in [4.78, 5) is 2.97. The molecule has 0 aromatic heterocycles. The fraction of sp³-hybridized carbons (Fsp3) is 1.00. The van der Waals surface area contributed by atoms with Crippen LogP contribution in [0.25, 0.3) is 0 Å². The minimum atomic E-state index is 0.925. The highest BCUT2D eigenvalue weighted by Gasteiger charge is 2.36. The molecule has 2 unspecified atom stereocenters. The number of hydrogen-bond donors (Lipinski definition) is 1. The first-order chi connectivity index (χ1) is 9.86. The van der Waals surface area contributed by atoms with Crippen molar-refractivity contribution in [3.8, 4) is 0 Å². The van der Waals surface area contributed by atoms with E-state index in [-0.39, 0.29) is 0 Å². The van der Waals surface area contributed by atoms with Gasteiger partial charge in [-0.25, -0.2) is 0 Å². The Morgan fingerprint density at radius 1 is 0.800 bits per heavy atom. The minimum absolute atomic E-state index is 0.925. The van der Waals surface area contributed by atoms with Gasteiger partial charge < -0.3 is 5.32 Å². The van der Waals surface area contributed by atoms with Crippen molar-refractivity contribution >= 4 is 0 Å². The molecule has 0 radical (unpaired) electrons. The molecule has 116 valence electrons. The van der Waals surface area contributed by atoms with Crippen molar-refractivity contribution < 1.29 is 0 Å². The van der Waals surface area contributed by atoms with E-state index in [9.17, 15) is 0 Å². The van der Waals surface area contributed by atoms with Gasteiger partial charge in [-0.2, -0.15) is 0 Å². The van der Waals surface area contributed by atoms with Crippen molar-refractivity contribution in [2.24, 2.45) is 11.8 Å². The molecule has 0 aromatic rings. The molecule has 2 heteroatoms. The number of piperidine rings is 1. The van der Waals surface area contributed by atoms with Crippen LogP contribution in [0.2, 0.25) is 0 Å². The highest BCUT2D eigenvalue weighted by molar-refractivity contribution is 4.91. The molecule has 2 saturated carbocycles. The molecule has 3 fully saturated rings. The molecule has 1 saturated heterocycles. The summed E-state index contributed by atoms with van der Waals surface area (Å²) in [5, 5.41) is 3.52. The molecule has 2 aliphatic carbocycles. The Morgan fingerprint density at radius 3 is 2.20 bits per heavy atom. The normalized spacial score (nSPS) is 33.3. The lowest BCUT2D eigenvalue weighted by Crippen LogP contribution is -2.42. The number of hydrogen-bond acceptors (Lipinski definition) is 2. The van der Waals surface area contributed by atoms with E-state index in [0.29, 0.717) is 0 Å². The Hall–Kier alpha value is -0.0800. The topological polar surface area (TPSA) is 15.3 Å². The van der Waals surface area contributed by atoms with Crippen LogP contribution in [-0.2, 0) is 0 Å². The van der Waals surface area contributed by atoms with E-state index < -0.39 is 0 Å². The second kappa shape index (κ2) is 7.26. The van der Waals surface area contributed by atoms with Crippen molar-refractivity contribution in [1.29, 1.82) is 0 Å². The molecular formula is C18H34N2. The highest BCUT2D eigenvalue weighted by Crippen LogP contribution is 2.36. The monoisotopic (exact) mass is 278 g/mol. The second-order valence-electron chi connectivity index (χ2n) is 7.56. The Labute approximate surface area is 125 Å². The van der Waals surface area contributed by atoms with Crippen LogP contribution in [0.15, 0.2) is 0 Å². The number of rotatable bonds is 5. The molecular weight excluding hydrogens is 244 g/mol. The van der Waals surface area contributed by atoms with Crippen LogP contribution in [0.5, 0.6) is 0 Å². The van der Waals surface area contributed by atoms with Crippen molar-refractivity contribution in [3.05, 3.63) is 0 Å². The summed E-state index contributed by atoms with van der Waals surface area (Å²) in [6, 6.07) is 1.89. The molecule has 1 N–H and O–H groups in total. The number of nitrogens with one attached hydrogen (secondary N) is 1. The maximum Gasteiger partial charge on any atom is 0.00994 e. The molecule has 3 rings (SSSR count). The summed E-state index contributed by atoms with van der Waals surface area (Å²) in [6.07, 6.45) is 14.6. The molecule has 0 spiro atoms. The first-order valence-electron chi connectivity index (χ1n) is 9.33. The Balaban J connectivity index is 1.55. The summed E-state index contributed by atoms with van der Waals surface area (Å²) in [6.45, 7) is 6.31. The third kappa shape index (κ3) is 3.98. The maximum absolute atomic E-state index is 3.52. The zero-order valence-corrected chi connectivity index (χ0v) is 13.4. The van der Waals surface area contributed by atoms with E-state index in [1.807, 2.05) is 0 Å². The van der Waals surface area contributed by atoms with E-state index in [2.05, 4.69) is 17.1 Å². The van der Waals surface area contributed by atoms with Crippen LogP contribution in [0.4, 0.5) is 0 Å². The van der Waals surface area contributed by atoms with Gasteiger partial charge in [-0.1, -0.05) is 26.2 Å². The van der Waals surface area contributed by atoms with Gasteiger partial charge in [0.1, 0.15) is 0 Å². The van der Waals surface area contributed by atoms with E-state index in [0.717, 1.165) is 23.9 Å². The summed E-state index contributed by atoms with van der Waals surface area (Å²) in [5.74, 6) is 2.00. The summed E-state index contributed by atoms with van der Waals surface area (Å²) < 4.78 is 0. The average molecular weight is 278 g/mol. The van der Waals surface area contributed by atoms with Gasteiger partial charge in [-0.05, 0) is 69.9 Å². The Bertz CT molecular complexity index is 281. The molecule has 0 amide bonds. The van der Waals surface area contributed by atoms with Crippen LogP contribution in [0.1, 0.15) is 71.1 Å². The maximum atomic E-state index is 3.52. The zero-order valence-electron chi connectivity index (χ0n) is 13.4. The lowest BCUT2D eigenvalue weighted by molar-refractivity contribution is 0.129.